The van der Waals surface area contributed by atoms with Crippen molar-refractivity contribution in [3.63, 3.8) is 0 Å². The summed E-state index contributed by atoms with van der Waals surface area (Å²) in [5, 5.41) is 2.08. The fourth-order valence-corrected chi connectivity index (χ4v) is 5.59. The average molecular weight is 544 g/mol. The van der Waals surface area contributed by atoms with Gasteiger partial charge in [0, 0.05) is 36.6 Å². The van der Waals surface area contributed by atoms with E-state index in [4.69, 9.17) is 4.74 Å². The van der Waals surface area contributed by atoms with E-state index in [1.807, 2.05) is 122 Å². The molecule has 0 N–H and O–H groups in total. The number of hydrogen-bond donors (Lipinski definition) is 0. The van der Waals surface area contributed by atoms with Crippen LogP contribution >= 0.6 is 0 Å². The van der Waals surface area contributed by atoms with E-state index in [0.717, 1.165) is 27.8 Å². The van der Waals surface area contributed by atoms with Gasteiger partial charge in [0.05, 0.1) is 6.04 Å². The largest absolute Gasteiger partial charge is 0.457 e. The number of aromatic nitrogens is 1. The van der Waals surface area contributed by atoms with Gasteiger partial charge in [-0.15, -0.1) is 0 Å². The van der Waals surface area contributed by atoms with Gasteiger partial charge in [-0.25, -0.2) is 0 Å². The minimum absolute atomic E-state index is 0.000736. The second-order valence-corrected chi connectivity index (χ2v) is 10.7. The zero-order valence-electron chi connectivity index (χ0n) is 23.3. The molecule has 1 aliphatic rings. The highest BCUT2D eigenvalue weighted by atomic mass is 16.5. The first kappa shape index (κ1) is 26.4. The number of fused-ring (bicyclic) bond motifs is 2. The Kier molecular flexibility index (Phi) is 7.30. The van der Waals surface area contributed by atoms with E-state index >= 15 is 0 Å². The van der Waals surface area contributed by atoms with Crippen LogP contribution in [0.25, 0.3) is 10.8 Å². The number of rotatable bonds is 7. The van der Waals surface area contributed by atoms with Gasteiger partial charge in [-0.2, -0.15) is 0 Å². The Bertz CT molecular complexity index is 1690. The molecule has 0 bridgehead atoms. The van der Waals surface area contributed by atoms with Crippen molar-refractivity contribution in [2.75, 3.05) is 13.1 Å². The van der Waals surface area contributed by atoms with Crippen LogP contribution in [0.1, 0.15) is 41.5 Å². The van der Waals surface area contributed by atoms with E-state index in [9.17, 15) is 9.59 Å². The lowest BCUT2D eigenvalue weighted by atomic mass is 9.99. The Hall–Kier alpha value is -4.84. The molecule has 0 fully saturated rings. The summed E-state index contributed by atoms with van der Waals surface area (Å²) < 4.78 is 8.31. The van der Waals surface area contributed by atoms with Gasteiger partial charge in [-0.1, -0.05) is 60.7 Å². The highest BCUT2D eigenvalue weighted by molar-refractivity contribution is 6.00. The third-order valence-corrected chi connectivity index (χ3v) is 7.70. The smallest absolute Gasteiger partial charge is 0.254 e. The van der Waals surface area contributed by atoms with E-state index in [1.165, 1.54) is 0 Å². The van der Waals surface area contributed by atoms with Gasteiger partial charge in [0.15, 0.2) is 0 Å². The van der Waals surface area contributed by atoms with E-state index in [0.29, 0.717) is 24.4 Å². The molecule has 41 heavy (non-hydrogen) atoms. The van der Waals surface area contributed by atoms with Gasteiger partial charge in [-0.3, -0.25) is 9.59 Å². The fraction of sp³-hybridized carbons (Fsp3) is 0.200. The molecule has 5 aromatic rings. The summed E-state index contributed by atoms with van der Waals surface area (Å²) in [6.07, 6.45) is 2.05. The van der Waals surface area contributed by atoms with E-state index in [2.05, 4.69) is 16.8 Å². The number of carbonyl (C=O) groups is 2. The summed E-state index contributed by atoms with van der Waals surface area (Å²) in [6, 6.07) is 34.9. The summed E-state index contributed by atoms with van der Waals surface area (Å²) in [6.45, 7) is 5.15. The third kappa shape index (κ3) is 5.46. The number of nitrogens with zero attached hydrogens (tertiary/aromatic N) is 3. The Labute approximate surface area is 240 Å². The van der Waals surface area contributed by atoms with Crippen LogP contribution in [0, 0.1) is 0 Å². The normalized spacial score (nSPS) is 14.6. The summed E-state index contributed by atoms with van der Waals surface area (Å²) in [7, 11) is 0. The lowest BCUT2D eigenvalue weighted by molar-refractivity contribution is -0.135. The maximum atomic E-state index is 14.0. The molecule has 1 atom stereocenters. The molecule has 6 heteroatoms. The van der Waals surface area contributed by atoms with Crippen LogP contribution in [0.5, 0.6) is 11.5 Å². The van der Waals surface area contributed by atoms with Gasteiger partial charge in [0.2, 0.25) is 5.91 Å². The molecule has 6 nitrogen and oxygen atoms in total. The maximum absolute atomic E-state index is 14.0. The molecule has 1 aliphatic heterocycles. The van der Waals surface area contributed by atoms with Crippen LogP contribution in [0.4, 0.5) is 0 Å². The first-order valence-electron chi connectivity index (χ1n) is 14.0. The van der Waals surface area contributed by atoms with E-state index in [-0.39, 0.29) is 30.4 Å². The van der Waals surface area contributed by atoms with Crippen molar-refractivity contribution in [3.05, 3.63) is 132 Å². The molecule has 0 aliphatic carbocycles. The number of hydrogen-bond acceptors (Lipinski definition) is 3. The number of ether oxygens (including phenoxy) is 1. The molecule has 206 valence electrons. The van der Waals surface area contributed by atoms with Gasteiger partial charge in [-0.05, 0) is 78.7 Å². The van der Waals surface area contributed by atoms with Crippen LogP contribution in [-0.2, 0) is 11.3 Å². The molecule has 0 radical (unpaired) electrons. The quantitative estimate of drug-likeness (QED) is 0.224. The predicted molar refractivity (Wildman–Crippen MR) is 161 cm³/mol. The molecule has 1 aromatic heterocycles. The Morgan fingerprint density at radius 3 is 2.37 bits per heavy atom. The molecule has 2 amide bonds. The van der Waals surface area contributed by atoms with Gasteiger partial charge in [0.1, 0.15) is 18.0 Å². The number of amides is 2. The molecular formula is C35H33N3O3. The number of benzene rings is 4. The number of carbonyl (C=O) groups excluding carboxylic acids is 2. The van der Waals surface area contributed by atoms with Crippen molar-refractivity contribution in [1.29, 1.82) is 0 Å². The highest BCUT2D eigenvalue weighted by Gasteiger charge is 2.34. The SMILES string of the molecule is CC(C)N(CC(=O)N1CCn2cccc2C1c1cccc(Oc2ccccc2)c1)C(=O)c1ccc2ccccc2c1. The highest BCUT2D eigenvalue weighted by Crippen LogP contribution is 2.35. The molecule has 1 unspecified atom stereocenters. The van der Waals surface area contributed by atoms with Crippen molar-refractivity contribution < 1.29 is 14.3 Å². The van der Waals surface area contributed by atoms with Crippen molar-refractivity contribution in [1.82, 2.24) is 14.4 Å². The molecule has 0 saturated heterocycles. The van der Waals surface area contributed by atoms with Gasteiger partial charge >= 0.3 is 0 Å². The first-order valence-corrected chi connectivity index (χ1v) is 14.0. The van der Waals surface area contributed by atoms with Crippen molar-refractivity contribution in [2.45, 2.75) is 32.5 Å². The Balaban J connectivity index is 1.28. The topological polar surface area (TPSA) is 54.8 Å². The lowest BCUT2D eigenvalue weighted by Gasteiger charge is -2.39. The maximum Gasteiger partial charge on any atom is 0.254 e. The Morgan fingerprint density at radius 2 is 1.56 bits per heavy atom. The standard InChI is InChI=1S/C35H33N3O3/c1-25(2)38(35(40)29-18-17-26-10-6-7-11-27(26)22-29)24-33(39)37-21-20-36-19-9-16-32(36)34(37)28-12-8-15-31(23-28)41-30-13-4-3-5-14-30/h3-19,22-23,25,34H,20-21,24H2,1-2H3. The van der Waals surface area contributed by atoms with Crippen molar-refractivity contribution >= 4 is 22.6 Å². The lowest BCUT2D eigenvalue weighted by Crippen LogP contribution is -2.49. The van der Waals surface area contributed by atoms with Crippen LogP contribution in [-0.4, -0.2) is 45.3 Å². The second-order valence-electron chi connectivity index (χ2n) is 10.7. The molecule has 2 heterocycles. The van der Waals surface area contributed by atoms with Crippen molar-refractivity contribution in [3.8, 4) is 11.5 Å². The Morgan fingerprint density at radius 1 is 0.805 bits per heavy atom. The molecule has 4 aromatic carbocycles. The summed E-state index contributed by atoms with van der Waals surface area (Å²) in [5.41, 5.74) is 2.59. The van der Waals surface area contributed by atoms with Gasteiger partial charge in [0.25, 0.3) is 5.91 Å². The first-order chi connectivity index (χ1) is 20.0. The van der Waals surface area contributed by atoms with Crippen LogP contribution in [0.15, 0.2) is 115 Å². The minimum atomic E-state index is -0.296. The fourth-order valence-electron chi connectivity index (χ4n) is 5.59. The average Bonchev–Trinajstić information content (AvgIpc) is 3.48. The number of para-hydroxylation sites is 1. The molecule has 0 saturated carbocycles. The zero-order chi connectivity index (χ0) is 28.3. The summed E-state index contributed by atoms with van der Waals surface area (Å²) >= 11 is 0. The van der Waals surface area contributed by atoms with Crippen LogP contribution in [0.3, 0.4) is 0 Å². The van der Waals surface area contributed by atoms with Crippen LogP contribution < -0.4 is 4.74 Å². The molecule has 0 spiro atoms. The second kappa shape index (κ2) is 11.3. The minimum Gasteiger partial charge on any atom is -0.457 e. The van der Waals surface area contributed by atoms with E-state index < -0.39 is 0 Å². The zero-order valence-corrected chi connectivity index (χ0v) is 23.3. The summed E-state index contributed by atoms with van der Waals surface area (Å²) in [5.74, 6) is 1.23. The van der Waals surface area contributed by atoms with Crippen molar-refractivity contribution in [2.24, 2.45) is 0 Å². The summed E-state index contributed by atoms with van der Waals surface area (Å²) in [4.78, 5) is 31.3. The van der Waals surface area contributed by atoms with Gasteiger partial charge < -0.3 is 19.1 Å². The monoisotopic (exact) mass is 543 g/mol. The third-order valence-electron chi connectivity index (χ3n) is 7.70. The molecular weight excluding hydrogens is 510 g/mol. The molecule has 6 rings (SSSR count). The van der Waals surface area contributed by atoms with Crippen LogP contribution in [0.2, 0.25) is 0 Å². The predicted octanol–water partition coefficient (Wildman–Crippen LogP) is 6.92. The van der Waals surface area contributed by atoms with E-state index in [1.54, 1.807) is 4.90 Å².